The van der Waals surface area contributed by atoms with Gasteiger partial charge in [0.05, 0.1) is 12.7 Å². The minimum absolute atomic E-state index is 0.157. The van der Waals surface area contributed by atoms with Gasteiger partial charge in [-0.2, -0.15) is 0 Å². The molecular formula is C15H24O6. The molecule has 0 heterocycles. The van der Waals surface area contributed by atoms with Crippen LogP contribution in [0.25, 0.3) is 0 Å². The molecule has 6 heteroatoms. The number of carboxylic acids is 1. The number of rotatable bonds is 4. The van der Waals surface area contributed by atoms with E-state index in [1.165, 1.54) is 12.2 Å². The Hall–Kier alpha value is -1.21. The molecule has 3 atom stereocenters. The number of hydrogen-bond donors (Lipinski definition) is 5. The molecule has 0 saturated heterocycles. The van der Waals surface area contributed by atoms with Crippen molar-refractivity contribution in [3.63, 3.8) is 0 Å². The van der Waals surface area contributed by atoms with Gasteiger partial charge < -0.3 is 25.5 Å². The third-order valence-corrected chi connectivity index (χ3v) is 4.26. The van der Waals surface area contributed by atoms with Gasteiger partial charge in [0.15, 0.2) is 0 Å². The highest BCUT2D eigenvalue weighted by molar-refractivity contribution is 5.81. The van der Waals surface area contributed by atoms with Gasteiger partial charge in [-0.05, 0) is 25.0 Å². The molecule has 0 unspecified atom stereocenters. The zero-order chi connectivity index (χ0) is 16.5. The number of carbonyl (C=O) groups is 1. The van der Waals surface area contributed by atoms with E-state index in [2.05, 4.69) is 0 Å². The topological polar surface area (TPSA) is 118 Å². The molecule has 0 bridgehead atoms. The van der Waals surface area contributed by atoms with Gasteiger partial charge in [0, 0.05) is 17.9 Å². The quantitative estimate of drug-likeness (QED) is 0.374. The monoisotopic (exact) mass is 300 g/mol. The fourth-order valence-corrected chi connectivity index (χ4v) is 3.05. The molecule has 120 valence electrons. The van der Waals surface area contributed by atoms with E-state index in [0.717, 1.165) is 6.08 Å². The Morgan fingerprint density at radius 2 is 1.86 bits per heavy atom. The summed E-state index contributed by atoms with van der Waals surface area (Å²) in [6, 6.07) is 0. The summed E-state index contributed by atoms with van der Waals surface area (Å²) in [5.74, 6) is -1.11. The van der Waals surface area contributed by atoms with Gasteiger partial charge in [-0.1, -0.05) is 19.9 Å². The van der Waals surface area contributed by atoms with Crippen molar-refractivity contribution < 1.29 is 30.3 Å². The first-order valence-corrected chi connectivity index (χ1v) is 6.81. The third-order valence-electron chi connectivity index (χ3n) is 4.26. The molecule has 1 aliphatic rings. The maximum absolute atomic E-state index is 10.9. The number of allylic oxidation sites excluding steroid dienone is 2. The van der Waals surface area contributed by atoms with Crippen molar-refractivity contribution in [2.24, 2.45) is 5.41 Å². The summed E-state index contributed by atoms with van der Waals surface area (Å²) < 4.78 is 0. The lowest BCUT2D eigenvalue weighted by molar-refractivity contribution is -0.237. The molecule has 21 heavy (non-hydrogen) atoms. The smallest absolute Gasteiger partial charge is 0.328 e. The Morgan fingerprint density at radius 1 is 1.29 bits per heavy atom. The predicted octanol–water partition coefficient (Wildman–Crippen LogP) is 0.209. The average molecular weight is 300 g/mol. The molecule has 1 rings (SSSR count). The highest BCUT2D eigenvalue weighted by Crippen LogP contribution is 2.50. The molecule has 0 aliphatic heterocycles. The van der Waals surface area contributed by atoms with E-state index in [4.69, 9.17) is 5.11 Å². The molecule has 0 spiro atoms. The van der Waals surface area contributed by atoms with Crippen LogP contribution in [0.1, 0.15) is 33.6 Å². The lowest BCUT2D eigenvalue weighted by Crippen LogP contribution is -2.68. The Kier molecular flexibility index (Phi) is 5.00. The SMILES string of the molecule is CC(=C/C(=O)O)/C=C/[C@]1(O)C(C)(C)C[C@H](O)C[C@@]1(O)CO. The Labute approximate surface area is 124 Å². The van der Waals surface area contributed by atoms with Crippen LogP contribution in [0.2, 0.25) is 0 Å². The second-order valence-electron chi connectivity index (χ2n) is 6.46. The summed E-state index contributed by atoms with van der Waals surface area (Å²) in [7, 11) is 0. The number of aliphatic hydroxyl groups is 4. The van der Waals surface area contributed by atoms with Crippen molar-refractivity contribution in [1.82, 2.24) is 0 Å². The second kappa shape index (κ2) is 5.88. The normalized spacial score (nSPS) is 36.9. The third kappa shape index (κ3) is 3.35. The van der Waals surface area contributed by atoms with Crippen LogP contribution in [0.3, 0.4) is 0 Å². The maximum atomic E-state index is 10.9. The van der Waals surface area contributed by atoms with E-state index in [9.17, 15) is 25.2 Å². The zero-order valence-electron chi connectivity index (χ0n) is 12.6. The molecule has 1 saturated carbocycles. The fourth-order valence-electron chi connectivity index (χ4n) is 3.05. The lowest BCUT2D eigenvalue weighted by Gasteiger charge is -2.55. The Morgan fingerprint density at radius 3 is 2.33 bits per heavy atom. The number of aliphatic hydroxyl groups excluding tert-OH is 2. The van der Waals surface area contributed by atoms with Gasteiger partial charge in [-0.25, -0.2) is 4.79 Å². The molecular weight excluding hydrogens is 276 g/mol. The van der Waals surface area contributed by atoms with E-state index in [-0.39, 0.29) is 12.8 Å². The summed E-state index contributed by atoms with van der Waals surface area (Å²) in [4.78, 5) is 10.6. The van der Waals surface area contributed by atoms with E-state index < -0.39 is 35.3 Å². The van der Waals surface area contributed by atoms with Gasteiger partial charge in [-0.15, -0.1) is 0 Å². The van der Waals surface area contributed by atoms with Gasteiger partial charge >= 0.3 is 5.97 Å². The molecule has 6 nitrogen and oxygen atoms in total. The summed E-state index contributed by atoms with van der Waals surface area (Å²) in [5.41, 5.74) is -4.20. The van der Waals surface area contributed by atoms with Crippen molar-refractivity contribution in [3.05, 3.63) is 23.8 Å². The van der Waals surface area contributed by atoms with Crippen LogP contribution >= 0.6 is 0 Å². The molecule has 0 amide bonds. The maximum Gasteiger partial charge on any atom is 0.328 e. The summed E-state index contributed by atoms with van der Waals surface area (Å²) >= 11 is 0. The van der Waals surface area contributed by atoms with Crippen LogP contribution in [-0.4, -0.2) is 55.4 Å². The van der Waals surface area contributed by atoms with E-state index >= 15 is 0 Å². The first kappa shape index (κ1) is 17.8. The van der Waals surface area contributed by atoms with Crippen molar-refractivity contribution in [1.29, 1.82) is 0 Å². The van der Waals surface area contributed by atoms with Gasteiger partial charge in [0.1, 0.15) is 11.2 Å². The van der Waals surface area contributed by atoms with E-state index in [1.54, 1.807) is 20.8 Å². The predicted molar refractivity (Wildman–Crippen MR) is 76.5 cm³/mol. The highest BCUT2D eigenvalue weighted by atomic mass is 16.4. The molecule has 0 radical (unpaired) electrons. The van der Waals surface area contributed by atoms with E-state index in [0.29, 0.717) is 5.57 Å². The van der Waals surface area contributed by atoms with Crippen LogP contribution in [-0.2, 0) is 4.79 Å². The first-order chi connectivity index (χ1) is 9.47. The van der Waals surface area contributed by atoms with Crippen molar-refractivity contribution in [3.8, 4) is 0 Å². The van der Waals surface area contributed by atoms with Crippen molar-refractivity contribution in [2.75, 3.05) is 6.61 Å². The minimum Gasteiger partial charge on any atom is -0.478 e. The molecule has 1 aliphatic carbocycles. The first-order valence-electron chi connectivity index (χ1n) is 6.81. The molecule has 0 aromatic carbocycles. The summed E-state index contributed by atoms with van der Waals surface area (Å²) in [5, 5.41) is 49.5. The minimum atomic E-state index is -1.89. The van der Waals surface area contributed by atoms with E-state index in [1.807, 2.05) is 0 Å². The summed E-state index contributed by atoms with van der Waals surface area (Å²) in [6.07, 6.45) is 2.94. The zero-order valence-corrected chi connectivity index (χ0v) is 12.6. The lowest BCUT2D eigenvalue weighted by atomic mass is 9.57. The van der Waals surface area contributed by atoms with Crippen LogP contribution in [0.5, 0.6) is 0 Å². The van der Waals surface area contributed by atoms with Crippen molar-refractivity contribution in [2.45, 2.75) is 50.9 Å². The Bertz CT molecular complexity index is 467. The number of aliphatic carboxylic acids is 1. The second-order valence-corrected chi connectivity index (χ2v) is 6.46. The number of hydrogen-bond acceptors (Lipinski definition) is 5. The van der Waals surface area contributed by atoms with Gasteiger partial charge in [0.25, 0.3) is 0 Å². The molecule has 0 aromatic rings. The molecule has 1 fully saturated rings. The molecule has 0 aromatic heterocycles. The van der Waals surface area contributed by atoms with Crippen LogP contribution < -0.4 is 0 Å². The van der Waals surface area contributed by atoms with Gasteiger partial charge in [-0.3, -0.25) is 0 Å². The largest absolute Gasteiger partial charge is 0.478 e. The van der Waals surface area contributed by atoms with Gasteiger partial charge in [0.2, 0.25) is 0 Å². The summed E-state index contributed by atoms with van der Waals surface area (Å²) in [6.45, 7) is 4.19. The molecule has 5 N–H and O–H groups in total. The standard InChI is InChI=1S/C15H24O6/c1-10(6-12(18)19)4-5-15(21)13(2,3)7-11(17)8-14(15,20)9-16/h4-6,11,16-17,20-21H,7-9H2,1-3H3,(H,18,19)/b5-4+,10-6-/t11-,14+,15-/m0/s1. The fraction of sp³-hybridized carbons (Fsp3) is 0.667. The highest BCUT2D eigenvalue weighted by Gasteiger charge is 2.60. The number of carboxylic acid groups (broad SMARTS) is 1. The Balaban J connectivity index is 3.24. The van der Waals surface area contributed by atoms with Crippen LogP contribution in [0.4, 0.5) is 0 Å². The van der Waals surface area contributed by atoms with Crippen molar-refractivity contribution >= 4 is 5.97 Å². The average Bonchev–Trinajstić information content (AvgIpc) is 2.32. The van der Waals surface area contributed by atoms with Crippen LogP contribution in [0.15, 0.2) is 23.8 Å². The van der Waals surface area contributed by atoms with Crippen LogP contribution in [0, 0.1) is 5.41 Å².